The number of thiophene rings is 1. The zero-order valence-corrected chi connectivity index (χ0v) is 12.7. The number of aromatic nitrogens is 2. The van der Waals surface area contributed by atoms with Crippen LogP contribution in [0.1, 0.15) is 47.9 Å². The van der Waals surface area contributed by atoms with Gasteiger partial charge in [-0.15, -0.1) is 11.3 Å². The average molecular weight is 305 g/mol. The van der Waals surface area contributed by atoms with E-state index < -0.39 is 0 Å². The van der Waals surface area contributed by atoms with Gasteiger partial charge in [-0.25, -0.2) is 0 Å². The van der Waals surface area contributed by atoms with Gasteiger partial charge >= 0.3 is 0 Å². The molecular weight excluding hydrogens is 286 g/mol. The quantitative estimate of drug-likeness (QED) is 0.922. The molecule has 6 heteroatoms. The number of aryl methyl sites for hydroxylation is 1. The number of nitrogen functional groups attached to an aromatic ring is 1. The highest BCUT2D eigenvalue weighted by Gasteiger charge is 2.27. The Labute approximate surface area is 127 Å². The molecule has 1 atom stereocenters. The first-order valence-electron chi connectivity index (χ1n) is 7.64. The molecule has 0 saturated carbocycles. The number of fused-ring (bicyclic) bond motifs is 1. The smallest absolute Gasteiger partial charge is 0.261 e. The van der Waals surface area contributed by atoms with Crippen molar-refractivity contribution in [2.45, 2.75) is 44.4 Å². The van der Waals surface area contributed by atoms with E-state index >= 15 is 0 Å². The van der Waals surface area contributed by atoms with Crippen LogP contribution in [0.15, 0.2) is 4.52 Å². The zero-order valence-electron chi connectivity index (χ0n) is 11.9. The van der Waals surface area contributed by atoms with Crippen molar-refractivity contribution in [2.24, 2.45) is 0 Å². The lowest BCUT2D eigenvalue weighted by molar-refractivity contribution is 0.0773. The standard InChI is InChI=1S/C15H19N3O2S/c16-13-12(10-5-1-2-6-11(10)21-13)15-17-14(18-20-15)9-4-3-7-19-8-9/h9H,1-8,16H2. The van der Waals surface area contributed by atoms with Gasteiger partial charge in [0.15, 0.2) is 5.82 Å². The van der Waals surface area contributed by atoms with E-state index in [0.29, 0.717) is 12.5 Å². The second-order valence-corrected chi connectivity index (χ2v) is 6.96. The Balaban J connectivity index is 1.68. The van der Waals surface area contributed by atoms with E-state index in [1.807, 2.05) is 0 Å². The van der Waals surface area contributed by atoms with Crippen LogP contribution in [0.3, 0.4) is 0 Å². The van der Waals surface area contributed by atoms with Crippen molar-refractivity contribution in [3.63, 3.8) is 0 Å². The van der Waals surface area contributed by atoms with E-state index in [4.69, 9.17) is 15.0 Å². The molecule has 1 aliphatic carbocycles. The highest BCUT2D eigenvalue weighted by Crippen LogP contribution is 2.42. The molecule has 4 rings (SSSR count). The Morgan fingerprint density at radius 1 is 1.19 bits per heavy atom. The highest BCUT2D eigenvalue weighted by molar-refractivity contribution is 7.16. The van der Waals surface area contributed by atoms with E-state index in [9.17, 15) is 0 Å². The monoisotopic (exact) mass is 305 g/mol. The molecule has 21 heavy (non-hydrogen) atoms. The van der Waals surface area contributed by atoms with Crippen LogP contribution in [0.5, 0.6) is 0 Å². The maximum absolute atomic E-state index is 6.21. The summed E-state index contributed by atoms with van der Waals surface area (Å²) >= 11 is 1.68. The first kappa shape index (κ1) is 13.3. The second kappa shape index (κ2) is 5.42. The van der Waals surface area contributed by atoms with Crippen LogP contribution in [-0.2, 0) is 17.6 Å². The second-order valence-electron chi connectivity index (χ2n) is 5.82. The summed E-state index contributed by atoms with van der Waals surface area (Å²) in [7, 11) is 0. The zero-order chi connectivity index (χ0) is 14.2. The van der Waals surface area contributed by atoms with Gasteiger partial charge in [-0.05, 0) is 44.1 Å². The molecule has 2 aromatic rings. The molecule has 0 bridgehead atoms. The molecule has 2 N–H and O–H groups in total. The number of hydrogen-bond donors (Lipinski definition) is 1. The fourth-order valence-corrected chi connectivity index (χ4v) is 4.42. The molecule has 0 amide bonds. The largest absolute Gasteiger partial charge is 0.390 e. The summed E-state index contributed by atoms with van der Waals surface area (Å²) in [6.45, 7) is 1.53. The molecule has 1 aliphatic heterocycles. The molecule has 0 radical (unpaired) electrons. The van der Waals surface area contributed by atoms with Gasteiger partial charge in [0, 0.05) is 17.4 Å². The van der Waals surface area contributed by atoms with Gasteiger partial charge in [-0.2, -0.15) is 4.98 Å². The lowest BCUT2D eigenvalue weighted by Gasteiger charge is -2.18. The predicted octanol–water partition coefficient (Wildman–Crippen LogP) is 3.15. The maximum atomic E-state index is 6.21. The Bertz CT molecular complexity index is 643. The highest BCUT2D eigenvalue weighted by atomic mass is 32.1. The number of anilines is 1. The van der Waals surface area contributed by atoms with Crippen LogP contribution in [0.2, 0.25) is 0 Å². The molecule has 0 aromatic carbocycles. The summed E-state index contributed by atoms with van der Waals surface area (Å²) in [5.41, 5.74) is 8.53. The van der Waals surface area contributed by atoms with Crippen LogP contribution in [0.4, 0.5) is 5.00 Å². The molecule has 2 aromatic heterocycles. The summed E-state index contributed by atoms with van der Waals surface area (Å²) in [6.07, 6.45) is 6.79. The van der Waals surface area contributed by atoms with Crippen molar-refractivity contribution < 1.29 is 9.26 Å². The van der Waals surface area contributed by atoms with Crippen molar-refractivity contribution in [1.29, 1.82) is 0 Å². The lowest BCUT2D eigenvalue weighted by atomic mass is 9.95. The third-order valence-corrected chi connectivity index (χ3v) is 5.50. The Hall–Kier alpha value is -1.40. The SMILES string of the molecule is Nc1sc2c(c1-c1nc(C3CCCOC3)no1)CCCC2. The summed E-state index contributed by atoms with van der Waals surface area (Å²) < 4.78 is 11.0. The molecular formula is C15H19N3O2S. The Morgan fingerprint density at radius 3 is 2.95 bits per heavy atom. The minimum Gasteiger partial charge on any atom is -0.390 e. The topological polar surface area (TPSA) is 74.2 Å². The van der Waals surface area contributed by atoms with E-state index in [2.05, 4.69) is 10.1 Å². The summed E-state index contributed by atoms with van der Waals surface area (Å²) in [5, 5.41) is 4.99. The third kappa shape index (κ3) is 2.36. The van der Waals surface area contributed by atoms with E-state index in [0.717, 1.165) is 48.7 Å². The first-order chi connectivity index (χ1) is 10.3. The normalized spacial score (nSPS) is 22.2. The van der Waals surface area contributed by atoms with Crippen LogP contribution in [0.25, 0.3) is 11.5 Å². The summed E-state index contributed by atoms with van der Waals surface area (Å²) in [5.74, 6) is 1.61. The van der Waals surface area contributed by atoms with Gasteiger partial charge in [-0.1, -0.05) is 5.16 Å². The molecule has 1 unspecified atom stereocenters. The summed E-state index contributed by atoms with van der Waals surface area (Å²) in [6, 6.07) is 0. The lowest BCUT2D eigenvalue weighted by Crippen LogP contribution is -2.16. The van der Waals surface area contributed by atoms with Crippen LogP contribution < -0.4 is 5.73 Å². The van der Waals surface area contributed by atoms with Crippen LogP contribution in [0, 0.1) is 0 Å². The van der Waals surface area contributed by atoms with Crippen molar-refractivity contribution in [2.75, 3.05) is 18.9 Å². The Morgan fingerprint density at radius 2 is 2.10 bits per heavy atom. The molecule has 2 aliphatic rings. The number of hydrogen-bond acceptors (Lipinski definition) is 6. The molecule has 1 saturated heterocycles. The van der Waals surface area contributed by atoms with Gasteiger partial charge in [-0.3, -0.25) is 0 Å². The Kier molecular flexibility index (Phi) is 3.43. The molecule has 112 valence electrons. The maximum Gasteiger partial charge on any atom is 0.261 e. The summed E-state index contributed by atoms with van der Waals surface area (Å²) in [4.78, 5) is 6.01. The van der Waals surface area contributed by atoms with Crippen LogP contribution in [-0.4, -0.2) is 23.4 Å². The van der Waals surface area contributed by atoms with E-state index in [-0.39, 0.29) is 5.92 Å². The van der Waals surface area contributed by atoms with Crippen molar-refractivity contribution in [1.82, 2.24) is 10.1 Å². The number of nitrogens with zero attached hydrogens (tertiary/aromatic N) is 2. The van der Waals surface area contributed by atoms with Crippen LogP contribution >= 0.6 is 11.3 Å². The predicted molar refractivity (Wildman–Crippen MR) is 81.5 cm³/mol. The average Bonchev–Trinajstić information content (AvgIpc) is 3.11. The molecule has 1 fully saturated rings. The minimum atomic E-state index is 0.256. The fourth-order valence-electron chi connectivity index (χ4n) is 3.27. The molecule has 0 spiro atoms. The number of ether oxygens (including phenoxy) is 1. The van der Waals surface area contributed by atoms with Gasteiger partial charge in [0.1, 0.15) is 0 Å². The van der Waals surface area contributed by atoms with Gasteiger partial charge in [0.2, 0.25) is 0 Å². The number of nitrogens with two attached hydrogens (primary N) is 1. The van der Waals surface area contributed by atoms with Gasteiger partial charge in [0.25, 0.3) is 5.89 Å². The number of rotatable bonds is 2. The van der Waals surface area contributed by atoms with E-state index in [1.54, 1.807) is 11.3 Å². The molecule has 5 nitrogen and oxygen atoms in total. The van der Waals surface area contributed by atoms with Crippen molar-refractivity contribution in [3.05, 3.63) is 16.3 Å². The van der Waals surface area contributed by atoms with Crippen molar-refractivity contribution >= 4 is 16.3 Å². The first-order valence-corrected chi connectivity index (χ1v) is 8.46. The fraction of sp³-hybridized carbons (Fsp3) is 0.600. The molecule has 3 heterocycles. The minimum absolute atomic E-state index is 0.256. The van der Waals surface area contributed by atoms with Gasteiger partial charge in [0.05, 0.1) is 17.2 Å². The van der Waals surface area contributed by atoms with E-state index in [1.165, 1.54) is 23.3 Å². The third-order valence-electron chi connectivity index (χ3n) is 4.38. The van der Waals surface area contributed by atoms with Gasteiger partial charge < -0.3 is 15.0 Å². The van der Waals surface area contributed by atoms with Crippen molar-refractivity contribution in [3.8, 4) is 11.5 Å².